The molecule has 1 aliphatic rings. The van der Waals surface area contributed by atoms with Gasteiger partial charge in [-0.15, -0.1) is 11.3 Å². The molecule has 1 unspecified atom stereocenters. The summed E-state index contributed by atoms with van der Waals surface area (Å²) in [5, 5.41) is 22.1. The van der Waals surface area contributed by atoms with Crippen LogP contribution in [0.4, 0.5) is 0 Å². The number of rotatable bonds is 8. The van der Waals surface area contributed by atoms with Gasteiger partial charge in [-0.25, -0.2) is 0 Å². The molecular weight excluding hydrogens is 478 g/mol. The third kappa shape index (κ3) is 4.95. The number of pyridine rings is 1. The molecule has 3 heterocycles. The number of hydrogen-bond acceptors (Lipinski definition) is 8. The fourth-order valence-electron chi connectivity index (χ4n) is 3.57. The first-order valence-corrected chi connectivity index (χ1v) is 12.5. The highest BCUT2D eigenvalue weighted by atomic mass is 32.2. The lowest BCUT2D eigenvalue weighted by molar-refractivity contribution is -0.122. The van der Waals surface area contributed by atoms with Crippen LogP contribution in [0.2, 0.25) is 0 Å². The molecule has 1 aliphatic heterocycles. The quantitative estimate of drug-likeness (QED) is 0.319. The van der Waals surface area contributed by atoms with Crippen molar-refractivity contribution in [2.24, 2.45) is 0 Å². The molecule has 0 aromatic carbocycles. The first-order chi connectivity index (χ1) is 15.7. The van der Waals surface area contributed by atoms with Gasteiger partial charge in [0.1, 0.15) is 16.0 Å². The number of aromatic hydroxyl groups is 1. The van der Waals surface area contributed by atoms with Crippen molar-refractivity contribution in [3.05, 3.63) is 54.3 Å². The predicted octanol–water partition coefficient (Wildman–Crippen LogP) is 4.63. The molecule has 1 N–H and O–H groups in total. The second-order valence-corrected chi connectivity index (χ2v) is 10.3. The maximum absolute atomic E-state index is 13.0. The summed E-state index contributed by atoms with van der Waals surface area (Å²) in [5.41, 5.74) is -0.593. The molecule has 0 radical (unpaired) electrons. The predicted molar refractivity (Wildman–Crippen MR) is 135 cm³/mol. The minimum atomic E-state index is -0.603. The van der Waals surface area contributed by atoms with Crippen molar-refractivity contribution in [3.63, 3.8) is 0 Å². The Morgan fingerprint density at radius 1 is 1.39 bits per heavy atom. The SMILES string of the molecule is CCC(C)n1c(O)c(C(=O)CCCN2C(=O)/C(=C/c3cccs3)SC2=S)c(C)c(C#N)c1=O. The van der Waals surface area contributed by atoms with E-state index < -0.39 is 17.2 Å². The van der Waals surface area contributed by atoms with E-state index in [1.807, 2.05) is 30.5 Å². The molecule has 2 aromatic rings. The fraction of sp³-hybridized carbons (Fsp3) is 0.348. The van der Waals surface area contributed by atoms with Crippen LogP contribution in [-0.2, 0) is 4.79 Å². The molecule has 10 heteroatoms. The summed E-state index contributed by atoms with van der Waals surface area (Å²) in [4.78, 5) is 41.3. The largest absolute Gasteiger partial charge is 0.494 e. The molecule has 7 nitrogen and oxygen atoms in total. The summed E-state index contributed by atoms with van der Waals surface area (Å²) < 4.78 is 1.54. The highest BCUT2D eigenvalue weighted by molar-refractivity contribution is 8.26. The van der Waals surface area contributed by atoms with Crippen molar-refractivity contribution >= 4 is 57.4 Å². The smallest absolute Gasteiger partial charge is 0.271 e. The van der Waals surface area contributed by atoms with Gasteiger partial charge in [0.05, 0.1) is 10.5 Å². The van der Waals surface area contributed by atoms with Crippen LogP contribution >= 0.6 is 35.3 Å². The van der Waals surface area contributed by atoms with E-state index in [1.165, 1.54) is 34.9 Å². The average Bonchev–Trinajstić information content (AvgIpc) is 3.37. The van der Waals surface area contributed by atoms with E-state index in [0.29, 0.717) is 22.1 Å². The standard InChI is InChI=1S/C23H23N3O4S3/c1-4-13(2)26-20(28)16(12-24)14(3)19(22(26)30)17(27)8-5-9-25-21(29)18(33-23(25)31)11-15-7-6-10-32-15/h6-7,10-11,13,30H,4-5,8-9H2,1-3H3/b18-11-. The number of hydrogen-bond donors (Lipinski definition) is 1. The second-order valence-electron chi connectivity index (χ2n) is 7.62. The molecule has 1 amide bonds. The van der Waals surface area contributed by atoms with E-state index in [4.69, 9.17) is 12.2 Å². The van der Waals surface area contributed by atoms with E-state index in [-0.39, 0.29) is 41.6 Å². The van der Waals surface area contributed by atoms with Gasteiger partial charge in [-0.3, -0.25) is 23.9 Å². The van der Waals surface area contributed by atoms with Gasteiger partial charge < -0.3 is 5.11 Å². The maximum Gasteiger partial charge on any atom is 0.271 e. The third-order valence-corrected chi connectivity index (χ3v) is 7.73. The van der Waals surface area contributed by atoms with Crippen LogP contribution in [0.15, 0.2) is 27.2 Å². The zero-order valence-electron chi connectivity index (χ0n) is 18.5. The summed E-state index contributed by atoms with van der Waals surface area (Å²) in [6.45, 7) is 5.34. The van der Waals surface area contributed by atoms with Crippen LogP contribution in [0, 0.1) is 18.3 Å². The monoisotopic (exact) mass is 501 g/mol. The molecule has 0 saturated carbocycles. The number of Topliss-reactive ketones (excluding diaryl/α,β-unsaturated/α-hetero) is 1. The number of amides is 1. The van der Waals surface area contributed by atoms with E-state index in [2.05, 4.69) is 0 Å². The highest BCUT2D eigenvalue weighted by Crippen LogP contribution is 2.34. The van der Waals surface area contributed by atoms with Crippen molar-refractivity contribution in [2.75, 3.05) is 6.54 Å². The summed E-state index contributed by atoms with van der Waals surface area (Å²) in [6.07, 6.45) is 2.69. The molecule has 1 atom stereocenters. The Bertz CT molecular complexity index is 1240. The molecule has 0 aliphatic carbocycles. The topological polar surface area (TPSA) is 103 Å². The van der Waals surface area contributed by atoms with Crippen LogP contribution in [0.5, 0.6) is 5.88 Å². The van der Waals surface area contributed by atoms with Crippen LogP contribution in [0.25, 0.3) is 6.08 Å². The lowest BCUT2D eigenvalue weighted by Crippen LogP contribution is -2.30. The summed E-state index contributed by atoms with van der Waals surface area (Å²) in [5.74, 6) is -1.000. The Morgan fingerprint density at radius 2 is 2.12 bits per heavy atom. The summed E-state index contributed by atoms with van der Waals surface area (Å²) in [7, 11) is 0. The highest BCUT2D eigenvalue weighted by Gasteiger charge is 2.32. The first kappa shape index (κ1) is 24.9. The number of carbonyl (C=O) groups excluding carboxylic acids is 2. The number of thiophene rings is 1. The van der Waals surface area contributed by atoms with Gasteiger partial charge >= 0.3 is 0 Å². The van der Waals surface area contributed by atoms with Crippen LogP contribution in [0.1, 0.15) is 65.5 Å². The molecule has 2 aromatic heterocycles. The van der Waals surface area contributed by atoms with E-state index in [0.717, 1.165) is 9.44 Å². The van der Waals surface area contributed by atoms with Crippen molar-refractivity contribution < 1.29 is 14.7 Å². The van der Waals surface area contributed by atoms with Crippen molar-refractivity contribution in [1.29, 1.82) is 5.26 Å². The Balaban J connectivity index is 1.77. The summed E-state index contributed by atoms with van der Waals surface area (Å²) >= 11 is 8.10. The molecule has 3 rings (SSSR count). The minimum absolute atomic E-state index is 0.0190. The van der Waals surface area contributed by atoms with Gasteiger partial charge in [0.2, 0.25) is 5.88 Å². The lowest BCUT2D eigenvalue weighted by atomic mass is 9.98. The van der Waals surface area contributed by atoms with Crippen molar-refractivity contribution in [3.8, 4) is 11.9 Å². The zero-order chi connectivity index (χ0) is 24.3. The average molecular weight is 502 g/mol. The Labute approximate surface area is 205 Å². The first-order valence-electron chi connectivity index (χ1n) is 10.4. The molecule has 0 bridgehead atoms. The molecule has 172 valence electrons. The van der Waals surface area contributed by atoms with Gasteiger partial charge in [0.15, 0.2) is 5.78 Å². The Morgan fingerprint density at radius 3 is 2.73 bits per heavy atom. The minimum Gasteiger partial charge on any atom is -0.494 e. The van der Waals surface area contributed by atoms with Crippen LogP contribution < -0.4 is 5.56 Å². The number of thiocarbonyl (C=S) groups is 1. The second kappa shape index (κ2) is 10.5. The van der Waals surface area contributed by atoms with Crippen LogP contribution in [0.3, 0.4) is 0 Å². The maximum atomic E-state index is 13.0. The van der Waals surface area contributed by atoms with E-state index in [9.17, 15) is 24.8 Å². The number of ketones is 1. The number of thioether (sulfide) groups is 1. The molecular formula is C23H23N3O4S3. The molecule has 0 spiro atoms. The molecule has 33 heavy (non-hydrogen) atoms. The van der Waals surface area contributed by atoms with Gasteiger partial charge in [-0.05, 0) is 49.8 Å². The number of nitriles is 1. The number of carbonyl (C=O) groups is 2. The lowest BCUT2D eigenvalue weighted by Gasteiger charge is -2.20. The molecule has 1 saturated heterocycles. The van der Waals surface area contributed by atoms with Crippen molar-refractivity contribution in [2.45, 2.75) is 46.1 Å². The van der Waals surface area contributed by atoms with Gasteiger partial charge in [-0.2, -0.15) is 5.26 Å². The zero-order valence-corrected chi connectivity index (χ0v) is 20.9. The molecule has 1 fully saturated rings. The Hall–Kier alpha value is -2.74. The fourth-order valence-corrected chi connectivity index (χ4v) is 5.60. The van der Waals surface area contributed by atoms with E-state index in [1.54, 1.807) is 13.0 Å². The van der Waals surface area contributed by atoms with E-state index >= 15 is 0 Å². The summed E-state index contributed by atoms with van der Waals surface area (Å²) in [6, 6.07) is 5.31. The van der Waals surface area contributed by atoms with Crippen molar-refractivity contribution in [1.82, 2.24) is 9.47 Å². The van der Waals surface area contributed by atoms with Gasteiger partial charge in [-0.1, -0.05) is 37.0 Å². The van der Waals surface area contributed by atoms with Crippen LogP contribution in [-0.4, -0.2) is 37.1 Å². The number of aromatic nitrogens is 1. The third-order valence-electron chi connectivity index (χ3n) is 5.53. The van der Waals surface area contributed by atoms with Gasteiger partial charge in [0.25, 0.3) is 11.5 Å². The Kier molecular flexibility index (Phi) is 7.89. The normalized spacial score (nSPS) is 15.8. The van der Waals surface area contributed by atoms with Gasteiger partial charge in [0, 0.05) is 23.9 Å². The number of nitrogens with zero attached hydrogens (tertiary/aromatic N) is 3.